The molecule has 1 aliphatic carbocycles. The zero-order valence-electron chi connectivity index (χ0n) is 10.7. The molecule has 94 valence electrons. The molecule has 2 rings (SSSR count). The van der Waals surface area contributed by atoms with Crippen LogP contribution in [0.5, 0.6) is 0 Å². The van der Waals surface area contributed by atoms with E-state index in [-0.39, 0.29) is 6.10 Å². The van der Waals surface area contributed by atoms with E-state index < -0.39 is 0 Å². The summed E-state index contributed by atoms with van der Waals surface area (Å²) in [6.45, 7) is 0.828. The topological polar surface area (TPSA) is 24.7 Å². The third kappa shape index (κ3) is 3.55. The lowest BCUT2D eigenvalue weighted by atomic mass is 9.94. The van der Waals surface area contributed by atoms with E-state index in [0.717, 1.165) is 18.2 Å². The molecule has 2 nitrogen and oxygen atoms in total. The Hall–Kier alpha value is -0.860. The first-order valence-electron chi connectivity index (χ1n) is 6.82. The monoisotopic (exact) mass is 234 g/mol. The second-order valence-electron chi connectivity index (χ2n) is 5.31. The van der Waals surface area contributed by atoms with E-state index in [4.69, 9.17) is 0 Å². The van der Waals surface area contributed by atoms with E-state index in [2.05, 4.69) is 7.05 Å². The number of hydrogen-bond donors (Lipinski definition) is 2. The average Bonchev–Trinajstić information content (AvgIpc) is 2.40. The number of hydrogen-bond acceptors (Lipinski definition) is 1. The Morgan fingerprint density at radius 2 is 1.82 bits per heavy atom. The van der Waals surface area contributed by atoms with Gasteiger partial charge >= 0.3 is 0 Å². The summed E-state index contributed by atoms with van der Waals surface area (Å²) in [6.07, 6.45) is 6.46. The second-order valence-corrected chi connectivity index (χ2v) is 5.31. The minimum absolute atomic E-state index is 0.321. The SMILES string of the molecule is C[NH+](C[C@@H](O)c1ccccc1)C1CCCCC1. The van der Waals surface area contributed by atoms with Crippen molar-refractivity contribution >= 4 is 0 Å². The Kier molecular flexibility index (Phi) is 4.57. The van der Waals surface area contributed by atoms with Gasteiger partial charge in [-0.15, -0.1) is 0 Å². The molecule has 0 heterocycles. The first-order valence-corrected chi connectivity index (χ1v) is 6.82. The van der Waals surface area contributed by atoms with Crippen LogP contribution in [-0.2, 0) is 0 Å². The molecule has 0 saturated heterocycles. The first-order chi connectivity index (χ1) is 8.27. The number of quaternary nitrogens is 1. The fourth-order valence-electron chi connectivity index (χ4n) is 2.86. The van der Waals surface area contributed by atoms with Crippen LogP contribution in [0.15, 0.2) is 30.3 Å². The Morgan fingerprint density at radius 3 is 2.47 bits per heavy atom. The van der Waals surface area contributed by atoms with Gasteiger partial charge in [-0.25, -0.2) is 0 Å². The maximum absolute atomic E-state index is 10.2. The van der Waals surface area contributed by atoms with E-state index in [1.165, 1.54) is 37.0 Å². The van der Waals surface area contributed by atoms with Crippen molar-refractivity contribution < 1.29 is 10.0 Å². The number of aliphatic hydroxyl groups is 1. The second kappa shape index (κ2) is 6.18. The minimum Gasteiger partial charge on any atom is -0.382 e. The van der Waals surface area contributed by atoms with Crippen LogP contribution in [0.1, 0.15) is 43.8 Å². The van der Waals surface area contributed by atoms with E-state index >= 15 is 0 Å². The Morgan fingerprint density at radius 1 is 1.18 bits per heavy atom. The predicted octanol–water partition coefficient (Wildman–Crippen LogP) is 1.57. The summed E-state index contributed by atoms with van der Waals surface area (Å²) in [7, 11) is 2.22. The number of aliphatic hydroxyl groups excluding tert-OH is 1. The third-order valence-corrected chi connectivity index (χ3v) is 4.00. The van der Waals surface area contributed by atoms with Gasteiger partial charge in [0.1, 0.15) is 12.6 Å². The normalized spacial score (nSPS) is 21.1. The summed E-state index contributed by atoms with van der Waals surface area (Å²) < 4.78 is 0. The molecule has 0 bridgehead atoms. The molecule has 1 aliphatic rings. The molecule has 0 aromatic heterocycles. The van der Waals surface area contributed by atoms with E-state index in [0.29, 0.717) is 0 Å². The van der Waals surface area contributed by atoms with Crippen molar-refractivity contribution in [1.82, 2.24) is 0 Å². The summed E-state index contributed by atoms with van der Waals surface area (Å²) >= 11 is 0. The van der Waals surface area contributed by atoms with Gasteiger partial charge in [0.15, 0.2) is 0 Å². The number of benzene rings is 1. The smallest absolute Gasteiger partial charge is 0.128 e. The molecule has 1 aromatic rings. The van der Waals surface area contributed by atoms with Crippen LogP contribution in [0.4, 0.5) is 0 Å². The number of rotatable bonds is 4. The quantitative estimate of drug-likeness (QED) is 0.812. The minimum atomic E-state index is -0.321. The molecule has 0 spiro atoms. The highest BCUT2D eigenvalue weighted by molar-refractivity contribution is 5.17. The van der Waals surface area contributed by atoms with E-state index in [1.807, 2.05) is 30.3 Å². The van der Waals surface area contributed by atoms with Crippen molar-refractivity contribution in [2.45, 2.75) is 44.2 Å². The molecular weight excluding hydrogens is 210 g/mol. The van der Waals surface area contributed by atoms with Gasteiger partial charge in [-0.1, -0.05) is 36.8 Å². The van der Waals surface area contributed by atoms with Gasteiger partial charge in [0.05, 0.1) is 13.1 Å². The lowest BCUT2D eigenvalue weighted by molar-refractivity contribution is -0.911. The van der Waals surface area contributed by atoms with Crippen molar-refractivity contribution in [2.75, 3.05) is 13.6 Å². The zero-order chi connectivity index (χ0) is 12.1. The fourth-order valence-corrected chi connectivity index (χ4v) is 2.86. The maximum Gasteiger partial charge on any atom is 0.128 e. The summed E-state index contributed by atoms with van der Waals surface area (Å²) in [5, 5.41) is 10.2. The summed E-state index contributed by atoms with van der Waals surface area (Å²) in [5.74, 6) is 0. The first kappa shape index (κ1) is 12.6. The van der Waals surface area contributed by atoms with Crippen LogP contribution >= 0.6 is 0 Å². The van der Waals surface area contributed by atoms with E-state index in [9.17, 15) is 5.11 Å². The Balaban J connectivity index is 1.87. The summed E-state index contributed by atoms with van der Waals surface area (Å²) in [5.41, 5.74) is 1.04. The van der Waals surface area contributed by atoms with Crippen LogP contribution in [0.2, 0.25) is 0 Å². The molecule has 1 fully saturated rings. The van der Waals surface area contributed by atoms with Crippen molar-refractivity contribution in [1.29, 1.82) is 0 Å². The molecule has 17 heavy (non-hydrogen) atoms. The average molecular weight is 234 g/mol. The van der Waals surface area contributed by atoms with E-state index in [1.54, 1.807) is 0 Å². The highest BCUT2D eigenvalue weighted by Crippen LogP contribution is 2.16. The molecule has 0 amide bonds. The van der Waals surface area contributed by atoms with Crippen molar-refractivity contribution in [3.8, 4) is 0 Å². The van der Waals surface area contributed by atoms with Gasteiger partial charge < -0.3 is 10.0 Å². The lowest BCUT2D eigenvalue weighted by Gasteiger charge is -2.29. The molecule has 2 heteroatoms. The molecule has 1 saturated carbocycles. The van der Waals surface area contributed by atoms with Gasteiger partial charge in [-0.2, -0.15) is 0 Å². The predicted molar refractivity (Wildman–Crippen MR) is 70.0 cm³/mol. The van der Waals surface area contributed by atoms with Crippen molar-refractivity contribution in [3.63, 3.8) is 0 Å². The van der Waals surface area contributed by atoms with Crippen LogP contribution < -0.4 is 4.90 Å². The lowest BCUT2D eigenvalue weighted by Crippen LogP contribution is -3.13. The molecule has 1 unspecified atom stereocenters. The highest BCUT2D eigenvalue weighted by atomic mass is 16.3. The van der Waals surface area contributed by atoms with Gasteiger partial charge in [0, 0.05) is 0 Å². The maximum atomic E-state index is 10.2. The number of nitrogens with one attached hydrogen (secondary N) is 1. The molecule has 2 N–H and O–H groups in total. The fraction of sp³-hybridized carbons (Fsp3) is 0.600. The standard InChI is InChI=1S/C15H23NO/c1-16(14-10-6-3-7-11-14)12-15(17)13-8-4-2-5-9-13/h2,4-5,8-9,14-15,17H,3,6-7,10-12H2,1H3/p+1/t15-/m1/s1. The summed E-state index contributed by atoms with van der Waals surface area (Å²) in [4.78, 5) is 1.49. The van der Waals surface area contributed by atoms with Gasteiger partial charge in [0.25, 0.3) is 0 Å². The molecule has 0 radical (unpaired) electrons. The van der Waals surface area contributed by atoms with Gasteiger partial charge in [-0.05, 0) is 31.2 Å². The molecule has 0 aliphatic heterocycles. The molecular formula is C15H24NO+. The Labute approximate surface area is 104 Å². The van der Waals surface area contributed by atoms with Gasteiger partial charge in [-0.3, -0.25) is 0 Å². The van der Waals surface area contributed by atoms with Crippen molar-refractivity contribution in [3.05, 3.63) is 35.9 Å². The molecule has 1 aromatic carbocycles. The van der Waals surface area contributed by atoms with Crippen LogP contribution in [-0.4, -0.2) is 24.7 Å². The van der Waals surface area contributed by atoms with Crippen LogP contribution in [0, 0.1) is 0 Å². The van der Waals surface area contributed by atoms with Crippen molar-refractivity contribution in [2.24, 2.45) is 0 Å². The third-order valence-electron chi connectivity index (χ3n) is 4.00. The Bertz CT molecular complexity index is 319. The van der Waals surface area contributed by atoms with Crippen LogP contribution in [0.25, 0.3) is 0 Å². The number of likely N-dealkylation sites (N-methyl/N-ethyl adjacent to an activating group) is 1. The van der Waals surface area contributed by atoms with Crippen LogP contribution in [0.3, 0.4) is 0 Å². The zero-order valence-corrected chi connectivity index (χ0v) is 10.7. The largest absolute Gasteiger partial charge is 0.382 e. The summed E-state index contributed by atoms with van der Waals surface area (Å²) in [6, 6.07) is 10.8. The highest BCUT2D eigenvalue weighted by Gasteiger charge is 2.23. The molecule has 2 atom stereocenters. The van der Waals surface area contributed by atoms with Gasteiger partial charge in [0.2, 0.25) is 0 Å².